The number of rotatable bonds is 21. The van der Waals surface area contributed by atoms with Gasteiger partial charge in [0.25, 0.3) is 5.91 Å². The monoisotopic (exact) mass is 712 g/mol. The van der Waals surface area contributed by atoms with Crippen molar-refractivity contribution in [2.24, 2.45) is 0 Å². The highest BCUT2D eigenvalue weighted by Crippen LogP contribution is 2.15. The number of carbonyl (C=O) groups excluding carboxylic acids is 2. The number of hydrogen-bond acceptors (Lipinski definition) is 13. The van der Waals surface area contributed by atoms with Gasteiger partial charge in [-0.2, -0.15) is 4.72 Å². The number of carbonyl (C=O) groups is 3. The molecule has 49 heavy (non-hydrogen) atoms. The van der Waals surface area contributed by atoms with Crippen molar-refractivity contribution in [2.45, 2.75) is 67.1 Å². The summed E-state index contributed by atoms with van der Waals surface area (Å²) in [7, 11) is -3.48. The summed E-state index contributed by atoms with van der Waals surface area (Å²) in [5, 5.41) is 82.3. The first-order valence-corrected chi connectivity index (χ1v) is 16.8. The number of aliphatic hydroxyl groups is 5. The Kier molecular flexibility index (Phi) is 16.7. The molecule has 19 heteroatoms. The van der Waals surface area contributed by atoms with Gasteiger partial charge in [0.1, 0.15) is 36.5 Å². The van der Waals surface area contributed by atoms with E-state index < -0.39 is 84.6 Å². The molecule has 0 bridgehead atoms. The molecule has 0 saturated carbocycles. The summed E-state index contributed by atoms with van der Waals surface area (Å²) in [6.45, 7) is -1.22. The number of aliphatic carboxylic acids is 1. The summed E-state index contributed by atoms with van der Waals surface area (Å²) in [5.74, 6) is -2.22. The van der Waals surface area contributed by atoms with Crippen LogP contribution in [-0.2, 0) is 26.0 Å². The van der Waals surface area contributed by atoms with Crippen molar-refractivity contribution in [3.8, 4) is 0 Å². The SMILES string of the molecule is CN[C@@H](CCCCNC(=O)c1ccc(C[C@H](NS(=O)(=O)c2ccc(B(O)O)cc2)C(=O)N(C)C[C@@H](O)[C@H](O)[C@@H](O)[C@@H](O)CO)cc1)C(=O)O. The maximum atomic E-state index is 13.6. The second-order valence-electron chi connectivity index (χ2n) is 11.5. The lowest BCUT2D eigenvalue weighted by Crippen LogP contribution is -2.53. The molecule has 0 aromatic heterocycles. The molecule has 272 valence electrons. The number of sulfonamides is 1. The van der Waals surface area contributed by atoms with Crippen LogP contribution in [0.2, 0.25) is 0 Å². The van der Waals surface area contributed by atoms with Crippen molar-refractivity contribution in [1.29, 1.82) is 0 Å². The van der Waals surface area contributed by atoms with Crippen LogP contribution < -0.4 is 20.8 Å². The molecule has 0 aliphatic rings. The highest BCUT2D eigenvalue weighted by molar-refractivity contribution is 7.89. The smallest absolute Gasteiger partial charge is 0.480 e. The molecule has 0 unspecified atom stereocenters. The minimum atomic E-state index is -4.40. The van der Waals surface area contributed by atoms with Gasteiger partial charge in [-0.1, -0.05) is 24.3 Å². The third-order valence-electron chi connectivity index (χ3n) is 7.75. The second-order valence-corrected chi connectivity index (χ2v) is 13.2. The Morgan fingerprint density at radius 1 is 0.878 bits per heavy atom. The van der Waals surface area contributed by atoms with E-state index in [0.717, 1.165) is 17.0 Å². The number of carboxylic acid groups (broad SMARTS) is 1. The Morgan fingerprint density at radius 2 is 1.47 bits per heavy atom. The van der Waals surface area contributed by atoms with E-state index in [9.17, 15) is 53.3 Å². The molecule has 6 atom stereocenters. The van der Waals surface area contributed by atoms with Crippen LogP contribution in [0.5, 0.6) is 0 Å². The molecule has 2 aromatic rings. The summed E-state index contributed by atoms with van der Waals surface area (Å²) >= 11 is 0. The van der Waals surface area contributed by atoms with Crippen LogP contribution in [0.3, 0.4) is 0 Å². The summed E-state index contributed by atoms with van der Waals surface area (Å²) < 4.78 is 28.9. The number of unbranched alkanes of at least 4 members (excludes halogenated alkanes) is 1. The molecule has 2 amide bonds. The van der Waals surface area contributed by atoms with Crippen LogP contribution in [0.4, 0.5) is 0 Å². The Morgan fingerprint density at radius 3 is 2.00 bits per heavy atom. The van der Waals surface area contributed by atoms with E-state index in [4.69, 9.17) is 10.2 Å². The van der Waals surface area contributed by atoms with Gasteiger partial charge in [0.05, 0.1) is 11.5 Å². The molecule has 0 radical (unpaired) electrons. The van der Waals surface area contributed by atoms with Gasteiger partial charge in [0.2, 0.25) is 15.9 Å². The highest BCUT2D eigenvalue weighted by atomic mass is 32.2. The van der Waals surface area contributed by atoms with Crippen molar-refractivity contribution in [3.63, 3.8) is 0 Å². The average Bonchev–Trinajstić information content (AvgIpc) is 3.07. The molecule has 2 aromatic carbocycles. The predicted octanol–water partition coefficient (Wildman–Crippen LogP) is -4.28. The average molecular weight is 713 g/mol. The van der Waals surface area contributed by atoms with Crippen LogP contribution in [0.15, 0.2) is 53.4 Å². The number of benzene rings is 2. The van der Waals surface area contributed by atoms with Crippen LogP contribution in [-0.4, -0.2) is 149 Å². The number of nitrogens with one attached hydrogen (secondary N) is 3. The largest absolute Gasteiger partial charge is 0.488 e. The highest BCUT2D eigenvalue weighted by Gasteiger charge is 2.34. The Hall–Kier alpha value is -3.50. The van der Waals surface area contributed by atoms with Crippen molar-refractivity contribution >= 4 is 40.4 Å². The van der Waals surface area contributed by atoms with E-state index in [1.165, 1.54) is 43.4 Å². The zero-order valence-corrected chi connectivity index (χ0v) is 27.9. The molecule has 11 N–H and O–H groups in total. The molecular weight excluding hydrogens is 667 g/mol. The van der Waals surface area contributed by atoms with E-state index in [-0.39, 0.29) is 22.3 Å². The van der Waals surface area contributed by atoms with Crippen LogP contribution in [0, 0.1) is 0 Å². The normalized spacial score (nSPS) is 15.4. The van der Waals surface area contributed by atoms with Gasteiger partial charge < -0.3 is 56.2 Å². The van der Waals surface area contributed by atoms with Crippen LogP contribution >= 0.6 is 0 Å². The van der Waals surface area contributed by atoms with Crippen molar-refractivity contribution in [3.05, 3.63) is 59.7 Å². The van der Waals surface area contributed by atoms with Gasteiger partial charge in [0.15, 0.2) is 0 Å². The first kappa shape index (κ1) is 41.7. The molecular formula is C30H45BN4O13S. The molecule has 2 rings (SSSR count). The Labute approximate surface area is 284 Å². The van der Waals surface area contributed by atoms with Gasteiger partial charge in [-0.15, -0.1) is 0 Å². The molecule has 0 saturated heterocycles. The number of carboxylic acids is 1. The number of hydrogen-bond donors (Lipinski definition) is 11. The fourth-order valence-corrected chi connectivity index (χ4v) is 5.95. The minimum Gasteiger partial charge on any atom is -0.480 e. The van der Waals surface area contributed by atoms with E-state index in [0.29, 0.717) is 31.4 Å². The summed E-state index contributed by atoms with van der Waals surface area (Å²) in [6, 6.07) is 8.34. The lowest BCUT2D eigenvalue weighted by molar-refractivity contribution is -0.140. The summed E-state index contributed by atoms with van der Waals surface area (Å²) in [5.41, 5.74) is 0.727. The molecule has 0 fully saturated rings. The van der Waals surface area contributed by atoms with E-state index in [1.54, 1.807) is 7.05 Å². The Balaban J connectivity index is 2.20. The first-order valence-electron chi connectivity index (χ1n) is 15.4. The molecule has 17 nitrogen and oxygen atoms in total. The summed E-state index contributed by atoms with van der Waals surface area (Å²) in [6.07, 6.45) is -6.24. The zero-order chi connectivity index (χ0) is 36.9. The van der Waals surface area contributed by atoms with Crippen LogP contribution in [0.25, 0.3) is 0 Å². The molecule has 0 spiro atoms. The quantitative estimate of drug-likeness (QED) is 0.0432. The number of likely N-dealkylation sites (N-methyl/N-ethyl adjacent to an activating group) is 2. The third-order valence-corrected chi connectivity index (χ3v) is 9.24. The fourth-order valence-electron chi connectivity index (χ4n) is 4.76. The number of aliphatic hydroxyl groups excluding tert-OH is 5. The Bertz CT molecular complexity index is 1470. The number of nitrogens with zero attached hydrogens (tertiary/aromatic N) is 1. The molecule has 0 aliphatic heterocycles. The fraction of sp³-hybridized carbons (Fsp3) is 0.500. The summed E-state index contributed by atoms with van der Waals surface area (Å²) in [4.78, 5) is 37.9. The van der Waals surface area contributed by atoms with Gasteiger partial charge in [-0.3, -0.25) is 14.4 Å². The lowest BCUT2D eigenvalue weighted by atomic mass is 9.81. The number of amides is 2. The maximum Gasteiger partial charge on any atom is 0.488 e. The lowest BCUT2D eigenvalue weighted by Gasteiger charge is -2.30. The molecule has 0 heterocycles. The third kappa shape index (κ3) is 12.7. The molecule has 0 aliphatic carbocycles. The maximum absolute atomic E-state index is 13.6. The van der Waals surface area contributed by atoms with Crippen molar-refractivity contribution < 1.29 is 63.5 Å². The topological polar surface area (TPSA) is 287 Å². The van der Waals surface area contributed by atoms with E-state index in [2.05, 4.69) is 15.4 Å². The van der Waals surface area contributed by atoms with E-state index in [1.807, 2.05) is 0 Å². The first-order chi connectivity index (χ1) is 23.0. The van der Waals surface area contributed by atoms with Gasteiger partial charge >= 0.3 is 13.1 Å². The standard InChI is InChI=1S/C30H45BN4O13S/c1-32-22(30(43)44)5-3-4-14-33-28(41)19-8-6-18(7-9-19)15-23(34-49(47,48)21-12-10-20(11-13-21)31(45)46)29(42)35(2)16-24(37)26(39)27(40)25(38)17-36/h6-13,22-27,32,34,36-40,45-46H,3-5,14-17H2,1-2H3,(H,33,41)(H,43,44)/t22-,23-,24+,25-,26-,27-/m0/s1. The second kappa shape index (κ2) is 19.6. The van der Waals surface area contributed by atoms with Crippen molar-refractivity contribution in [2.75, 3.05) is 33.8 Å². The van der Waals surface area contributed by atoms with Crippen LogP contribution in [0.1, 0.15) is 35.2 Å². The van der Waals surface area contributed by atoms with Gasteiger partial charge in [0, 0.05) is 25.7 Å². The van der Waals surface area contributed by atoms with Gasteiger partial charge in [-0.05, 0) is 68.0 Å². The van der Waals surface area contributed by atoms with Gasteiger partial charge in [-0.25, -0.2) is 8.42 Å². The minimum absolute atomic E-state index is 0.0251. The van der Waals surface area contributed by atoms with Crippen molar-refractivity contribution in [1.82, 2.24) is 20.3 Å². The zero-order valence-electron chi connectivity index (χ0n) is 27.1. The predicted molar refractivity (Wildman–Crippen MR) is 176 cm³/mol. The van der Waals surface area contributed by atoms with E-state index >= 15 is 0 Å².